The molecule has 1 aromatic carbocycles. The first-order valence-electron chi connectivity index (χ1n) is 7.13. The zero-order valence-corrected chi connectivity index (χ0v) is 13.1. The third-order valence-corrected chi connectivity index (χ3v) is 3.88. The third-order valence-electron chi connectivity index (χ3n) is 3.62. The number of hydrogen-bond donors (Lipinski definition) is 2. The van der Waals surface area contributed by atoms with Crippen molar-refractivity contribution < 1.29 is 9.21 Å². The first kappa shape index (κ1) is 15.4. The summed E-state index contributed by atoms with van der Waals surface area (Å²) in [5, 5.41) is 0.678. The van der Waals surface area contributed by atoms with Crippen LogP contribution < -0.4 is 11.3 Å². The largest absolute Gasteiger partial charge is 0.469 e. The second-order valence-corrected chi connectivity index (χ2v) is 5.59. The summed E-state index contributed by atoms with van der Waals surface area (Å²) >= 11 is 5.92. The van der Waals surface area contributed by atoms with E-state index in [0.717, 1.165) is 17.0 Å². The van der Waals surface area contributed by atoms with Crippen molar-refractivity contribution in [3.8, 4) is 0 Å². The molecule has 3 aromatic rings. The monoisotopic (exact) mass is 329 g/mol. The number of rotatable bonds is 5. The molecule has 1 amide bonds. The highest BCUT2D eigenvalue weighted by Gasteiger charge is 2.15. The van der Waals surface area contributed by atoms with Crippen LogP contribution in [-0.4, -0.2) is 10.5 Å². The second-order valence-electron chi connectivity index (χ2n) is 5.15. The van der Waals surface area contributed by atoms with Crippen molar-refractivity contribution in [3.63, 3.8) is 0 Å². The Hall–Kier alpha value is -2.50. The molecular formula is C17H16ClN3O2. The summed E-state index contributed by atoms with van der Waals surface area (Å²) in [5.74, 6) is 5.79. The van der Waals surface area contributed by atoms with Gasteiger partial charge in [-0.3, -0.25) is 10.2 Å². The van der Waals surface area contributed by atoms with Gasteiger partial charge in [-0.1, -0.05) is 23.7 Å². The van der Waals surface area contributed by atoms with E-state index in [0.29, 0.717) is 23.7 Å². The molecule has 2 heterocycles. The summed E-state index contributed by atoms with van der Waals surface area (Å²) in [4.78, 5) is 12.0. The zero-order valence-electron chi connectivity index (χ0n) is 12.3. The Morgan fingerprint density at radius 3 is 2.61 bits per heavy atom. The maximum absolute atomic E-state index is 12.0. The highest BCUT2D eigenvalue weighted by Crippen LogP contribution is 2.18. The number of aromatic nitrogens is 1. The summed E-state index contributed by atoms with van der Waals surface area (Å²) in [5.41, 5.74) is 4.69. The van der Waals surface area contributed by atoms with E-state index >= 15 is 0 Å². The molecule has 118 valence electrons. The van der Waals surface area contributed by atoms with E-state index in [1.54, 1.807) is 12.3 Å². The molecule has 0 unspecified atom stereocenters. The Morgan fingerprint density at radius 2 is 1.96 bits per heavy atom. The molecule has 5 nitrogen and oxygen atoms in total. The van der Waals surface area contributed by atoms with Gasteiger partial charge in [0.1, 0.15) is 11.5 Å². The van der Waals surface area contributed by atoms with Crippen molar-refractivity contribution in [2.24, 2.45) is 5.84 Å². The van der Waals surface area contributed by atoms with Crippen LogP contribution in [0.3, 0.4) is 0 Å². The molecular weight excluding hydrogens is 314 g/mol. The number of hydrogen-bond acceptors (Lipinski definition) is 3. The fourth-order valence-electron chi connectivity index (χ4n) is 2.49. The van der Waals surface area contributed by atoms with Crippen LogP contribution in [0.25, 0.3) is 0 Å². The molecule has 0 fully saturated rings. The molecule has 0 spiro atoms. The highest BCUT2D eigenvalue weighted by atomic mass is 35.5. The average Bonchev–Trinajstić information content (AvgIpc) is 3.20. The Labute approximate surface area is 138 Å². The number of nitrogens with one attached hydrogen (secondary N) is 1. The summed E-state index contributed by atoms with van der Waals surface area (Å²) in [6.45, 7) is 0.545. The van der Waals surface area contributed by atoms with Crippen LogP contribution in [-0.2, 0) is 13.0 Å². The number of benzene rings is 1. The summed E-state index contributed by atoms with van der Waals surface area (Å²) in [7, 11) is 0. The molecule has 0 saturated heterocycles. The molecule has 0 aliphatic heterocycles. The van der Waals surface area contributed by atoms with Gasteiger partial charge in [0.15, 0.2) is 0 Å². The number of halogens is 1. The van der Waals surface area contributed by atoms with Gasteiger partial charge in [0.2, 0.25) is 0 Å². The lowest BCUT2D eigenvalue weighted by Crippen LogP contribution is -2.32. The lowest BCUT2D eigenvalue weighted by Gasteiger charge is -2.13. The second kappa shape index (κ2) is 6.73. The lowest BCUT2D eigenvalue weighted by molar-refractivity contribution is 0.0944. The molecule has 0 saturated carbocycles. The van der Waals surface area contributed by atoms with E-state index in [9.17, 15) is 4.79 Å². The zero-order chi connectivity index (χ0) is 16.2. The predicted molar refractivity (Wildman–Crippen MR) is 88.2 cm³/mol. The number of furan rings is 1. The number of nitrogens with two attached hydrogens (primary N) is 1. The van der Waals surface area contributed by atoms with Gasteiger partial charge in [0.25, 0.3) is 5.91 Å². The topological polar surface area (TPSA) is 73.2 Å². The van der Waals surface area contributed by atoms with Crippen LogP contribution in [0.2, 0.25) is 5.02 Å². The molecule has 0 aliphatic rings. The van der Waals surface area contributed by atoms with Crippen LogP contribution in [0.1, 0.15) is 27.5 Å². The molecule has 0 radical (unpaired) electrons. The summed E-state index contributed by atoms with van der Waals surface area (Å²) < 4.78 is 7.32. The SMILES string of the molecule is NNC(=O)c1ccc(Cc2ccco2)n1Cc1ccc(Cl)cc1. The number of carbonyl (C=O) groups excluding carboxylic acids is 1. The summed E-state index contributed by atoms with van der Waals surface area (Å²) in [6.07, 6.45) is 2.23. The predicted octanol–water partition coefficient (Wildman–Crippen LogP) is 2.98. The van der Waals surface area contributed by atoms with E-state index in [4.69, 9.17) is 21.9 Å². The molecule has 3 N–H and O–H groups in total. The maximum atomic E-state index is 12.0. The van der Waals surface area contributed by atoms with Crippen LogP contribution in [0, 0.1) is 0 Å². The van der Waals surface area contributed by atoms with Gasteiger partial charge in [-0.15, -0.1) is 0 Å². The smallest absolute Gasteiger partial charge is 0.281 e. The van der Waals surface area contributed by atoms with Crippen molar-refractivity contribution in [1.29, 1.82) is 0 Å². The molecule has 0 atom stereocenters. The van der Waals surface area contributed by atoms with Gasteiger partial charge in [-0.05, 0) is 42.0 Å². The fraction of sp³-hybridized carbons (Fsp3) is 0.118. The van der Waals surface area contributed by atoms with E-state index in [-0.39, 0.29) is 5.91 Å². The molecule has 3 rings (SSSR count). The molecule has 23 heavy (non-hydrogen) atoms. The summed E-state index contributed by atoms with van der Waals surface area (Å²) in [6, 6.07) is 14.9. The average molecular weight is 330 g/mol. The van der Waals surface area contributed by atoms with Gasteiger partial charge >= 0.3 is 0 Å². The van der Waals surface area contributed by atoms with E-state index in [1.165, 1.54) is 0 Å². The number of amides is 1. The fourth-order valence-corrected chi connectivity index (χ4v) is 2.61. The van der Waals surface area contributed by atoms with E-state index in [1.807, 2.05) is 47.0 Å². The van der Waals surface area contributed by atoms with Crippen molar-refractivity contribution >= 4 is 17.5 Å². The van der Waals surface area contributed by atoms with Crippen LogP contribution in [0.5, 0.6) is 0 Å². The Kier molecular flexibility index (Phi) is 4.50. The normalized spacial score (nSPS) is 10.7. The minimum absolute atomic E-state index is 0.329. The van der Waals surface area contributed by atoms with Crippen LogP contribution in [0.15, 0.2) is 59.2 Å². The number of hydrazine groups is 1. The van der Waals surface area contributed by atoms with Crippen molar-refractivity contribution in [2.75, 3.05) is 0 Å². The van der Waals surface area contributed by atoms with Gasteiger partial charge in [0.05, 0.1) is 6.26 Å². The van der Waals surface area contributed by atoms with Gasteiger partial charge < -0.3 is 8.98 Å². The quantitative estimate of drug-likeness (QED) is 0.429. The van der Waals surface area contributed by atoms with Gasteiger partial charge in [0, 0.05) is 23.7 Å². The van der Waals surface area contributed by atoms with Gasteiger partial charge in [-0.25, -0.2) is 5.84 Å². The minimum Gasteiger partial charge on any atom is -0.469 e. The standard InChI is InChI=1S/C17H16ClN3O2/c18-13-5-3-12(4-6-13)11-21-14(10-15-2-1-9-23-15)7-8-16(21)17(22)20-19/h1-9H,10-11,19H2,(H,20,22). The Balaban J connectivity index is 1.95. The Bertz CT molecular complexity index is 792. The minimum atomic E-state index is -0.329. The third kappa shape index (κ3) is 3.47. The van der Waals surface area contributed by atoms with Crippen molar-refractivity contribution in [2.45, 2.75) is 13.0 Å². The van der Waals surface area contributed by atoms with Crippen LogP contribution >= 0.6 is 11.6 Å². The molecule has 6 heteroatoms. The number of carbonyl (C=O) groups is 1. The van der Waals surface area contributed by atoms with Crippen molar-refractivity contribution in [3.05, 3.63) is 82.5 Å². The van der Waals surface area contributed by atoms with E-state index < -0.39 is 0 Å². The first-order valence-corrected chi connectivity index (χ1v) is 7.51. The molecule has 0 aliphatic carbocycles. The first-order chi connectivity index (χ1) is 11.2. The number of nitrogen functional groups attached to an aromatic ring is 1. The number of nitrogens with zero attached hydrogens (tertiary/aromatic N) is 1. The molecule has 2 aromatic heterocycles. The van der Waals surface area contributed by atoms with Crippen molar-refractivity contribution in [1.82, 2.24) is 9.99 Å². The van der Waals surface area contributed by atoms with Gasteiger partial charge in [-0.2, -0.15) is 0 Å². The van der Waals surface area contributed by atoms with E-state index in [2.05, 4.69) is 5.43 Å². The maximum Gasteiger partial charge on any atom is 0.281 e. The Morgan fingerprint density at radius 1 is 1.17 bits per heavy atom. The molecule has 0 bridgehead atoms. The highest BCUT2D eigenvalue weighted by molar-refractivity contribution is 6.30. The van der Waals surface area contributed by atoms with Crippen LogP contribution in [0.4, 0.5) is 0 Å². The lowest BCUT2D eigenvalue weighted by atomic mass is 10.2.